The van der Waals surface area contributed by atoms with Gasteiger partial charge < -0.3 is 0 Å². The number of halogens is 4. The van der Waals surface area contributed by atoms with Gasteiger partial charge in [0.25, 0.3) is 0 Å². The van der Waals surface area contributed by atoms with Gasteiger partial charge in [-0.3, -0.25) is 0 Å². The molecule has 0 aromatic rings. The second-order valence-electron chi connectivity index (χ2n) is 3.00. The van der Waals surface area contributed by atoms with E-state index in [4.69, 9.17) is 46.4 Å². The highest BCUT2D eigenvalue weighted by Crippen LogP contribution is 2.41. The lowest BCUT2D eigenvalue weighted by Gasteiger charge is -2.19. The van der Waals surface area contributed by atoms with Crippen molar-refractivity contribution in [2.45, 2.75) is 8.50 Å². The summed E-state index contributed by atoms with van der Waals surface area (Å²) in [4.78, 5) is -1.23. The molecule has 17 heavy (non-hydrogen) atoms. The van der Waals surface area contributed by atoms with Crippen LogP contribution >= 0.6 is 58.4 Å². The van der Waals surface area contributed by atoms with Crippen LogP contribution in [0.4, 0.5) is 0 Å². The molecule has 0 radical (unpaired) electrons. The Balaban J connectivity index is 4.39. The fourth-order valence-corrected chi connectivity index (χ4v) is 4.76. The molecule has 0 rings (SSSR count). The Morgan fingerprint density at radius 3 is 2.00 bits per heavy atom. The molecule has 0 bridgehead atoms. The van der Waals surface area contributed by atoms with E-state index in [9.17, 15) is 16.8 Å². The lowest BCUT2D eigenvalue weighted by atomic mass is 10.9. The van der Waals surface area contributed by atoms with Crippen molar-refractivity contribution in [3.63, 3.8) is 0 Å². The minimum atomic E-state index is -3.83. The molecule has 0 saturated heterocycles. The third-order valence-electron chi connectivity index (χ3n) is 1.28. The topological polar surface area (TPSA) is 80.3 Å². The molecule has 104 valence electrons. The van der Waals surface area contributed by atoms with Crippen LogP contribution in [0.5, 0.6) is 0 Å². The summed E-state index contributed by atoms with van der Waals surface area (Å²) in [5, 5.41) is 0. The molecule has 0 amide bonds. The maximum absolute atomic E-state index is 11.3. The number of hydrogen-bond donors (Lipinski definition) is 1. The number of nitrogens with one attached hydrogen (secondary N) is 1. The van der Waals surface area contributed by atoms with Gasteiger partial charge in [0, 0.05) is 6.26 Å². The van der Waals surface area contributed by atoms with Gasteiger partial charge in [0.2, 0.25) is 13.7 Å². The Bertz CT molecular complexity index is 446. The molecule has 0 heterocycles. The van der Waals surface area contributed by atoms with Crippen LogP contribution in [0, 0.1) is 0 Å². The van der Waals surface area contributed by atoms with Crippen molar-refractivity contribution >= 4 is 78.2 Å². The van der Waals surface area contributed by atoms with E-state index in [2.05, 4.69) is 0 Å². The van der Waals surface area contributed by atoms with E-state index >= 15 is 0 Å². The lowest BCUT2D eigenvalue weighted by Crippen LogP contribution is -2.30. The van der Waals surface area contributed by atoms with E-state index in [0.29, 0.717) is 11.9 Å². The average Bonchev–Trinajstić information content (AvgIpc) is 2.11. The molecule has 1 N–H and O–H groups in total. The Kier molecular flexibility index (Phi) is 7.23. The van der Waals surface area contributed by atoms with Crippen molar-refractivity contribution in [2.24, 2.45) is 0 Å². The monoisotopic (exact) mass is 383 g/mol. The quantitative estimate of drug-likeness (QED) is 0.531. The minimum absolute atomic E-state index is 0.379. The molecule has 0 aromatic heterocycles. The van der Waals surface area contributed by atoms with E-state index in [1.807, 2.05) is 4.13 Å². The van der Waals surface area contributed by atoms with Crippen LogP contribution < -0.4 is 4.13 Å². The van der Waals surface area contributed by atoms with Crippen LogP contribution in [0.1, 0.15) is 0 Å². The number of sulfone groups is 1. The standard InChI is InChI=1S/C5H9Cl4NO4S3/c1-16(11,12)2-3-17(13,14)10-15-5(8,9)4(6)7/h4,10H,2-3H2,1H3. The first-order valence-electron chi connectivity index (χ1n) is 3.87. The average molecular weight is 385 g/mol. The van der Waals surface area contributed by atoms with Crippen molar-refractivity contribution < 1.29 is 16.8 Å². The fraction of sp³-hybridized carbons (Fsp3) is 1.00. The molecule has 12 heteroatoms. The molecule has 5 nitrogen and oxygen atoms in total. The van der Waals surface area contributed by atoms with Crippen LogP contribution in [0.3, 0.4) is 0 Å². The van der Waals surface area contributed by atoms with E-state index in [-0.39, 0.29) is 0 Å². The number of alkyl halides is 4. The van der Waals surface area contributed by atoms with E-state index in [0.717, 1.165) is 6.26 Å². The van der Waals surface area contributed by atoms with E-state index < -0.39 is 39.9 Å². The third kappa shape index (κ3) is 8.99. The van der Waals surface area contributed by atoms with Crippen molar-refractivity contribution in [3.05, 3.63) is 0 Å². The molecule has 0 aliphatic rings. The predicted molar refractivity (Wildman–Crippen MR) is 74.2 cm³/mol. The van der Waals surface area contributed by atoms with Gasteiger partial charge in [-0.05, 0) is 11.9 Å². The summed E-state index contributed by atoms with van der Waals surface area (Å²) in [7, 11) is -7.21. The molecular formula is C5H9Cl4NO4S3. The first-order valence-corrected chi connectivity index (χ1v) is 10.0. The zero-order chi connectivity index (χ0) is 13.9. The highest BCUT2D eigenvalue weighted by Gasteiger charge is 2.35. The van der Waals surface area contributed by atoms with Gasteiger partial charge in [-0.15, -0.1) is 23.2 Å². The summed E-state index contributed by atoms with van der Waals surface area (Å²) in [5.74, 6) is -1.11. The molecule has 0 unspecified atom stereocenters. The largest absolute Gasteiger partial charge is 0.229 e. The van der Waals surface area contributed by atoms with Gasteiger partial charge in [0.05, 0.1) is 11.5 Å². The summed E-state index contributed by atoms with van der Waals surface area (Å²) in [5.41, 5.74) is 0. The van der Waals surface area contributed by atoms with Crippen LogP contribution in [0.2, 0.25) is 0 Å². The second-order valence-corrected chi connectivity index (χ2v) is 11.3. The molecule has 0 spiro atoms. The Labute approximate surface area is 125 Å². The van der Waals surface area contributed by atoms with Crippen LogP contribution in [-0.4, -0.2) is 43.1 Å². The minimum Gasteiger partial charge on any atom is -0.229 e. The summed E-state index contributed by atoms with van der Waals surface area (Å²) in [6.45, 7) is 0. The fourth-order valence-electron chi connectivity index (χ4n) is 0.466. The van der Waals surface area contributed by atoms with Gasteiger partial charge in [-0.25, -0.2) is 16.8 Å². The van der Waals surface area contributed by atoms with Crippen molar-refractivity contribution in [2.75, 3.05) is 17.8 Å². The first-order chi connectivity index (χ1) is 7.36. The second kappa shape index (κ2) is 6.69. The van der Waals surface area contributed by atoms with Crippen LogP contribution in [-0.2, 0) is 19.9 Å². The molecule has 0 atom stereocenters. The molecule has 0 aliphatic heterocycles. The van der Waals surface area contributed by atoms with Gasteiger partial charge in [-0.2, -0.15) is 4.13 Å². The first kappa shape index (κ1) is 18.4. The molecular weight excluding hydrogens is 376 g/mol. The maximum atomic E-state index is 11.3. The van der Waals surface area contributed by atoms with Crippen LogP contribution in [0.25, 0.3) is 0 Å². The smallest absolute Gasteiger partial charge is 0.221 e. The Morgan fingerprint density at radius 2 is 1.65 bits per heavy atom. The van der Waals surface area contributed by atoms with Crippen molar-refractivity contribution in [1.29, 1.82) is 0 Å². The number of hydrogen-bond acceptors (Lipinski definition) is 5. The number of sulfonamides is 1. The van der Waals surface area contributed by atoms with Gasteiger partial charge in [0.15, 0.2) is 4.84 Å². The van der Waals surface area contributed by atoms with E-state index in [1.165, 1.54) is 0 Å². The molecule has 0 fully saturated rings. The van der Waals surface area contributed by atoms with Crippen LogP contribution in [0.15, 0.2) is 0 Å². The molecule has 0 aliphatic carbocycles. The zero-order valence-electron chi connectivity index (χ0n) is 8.36. The zero-order valence-corrected chi connectivity index (χ0v) is 13.8. The summed E-state index contributed by atoms with van der Waals surface area (Å²) in [6, 6.07) is 0. The maximum Gasteiger partial charge on any atom is 0.221 e. The summed E-state index contributed by atoms with van der Waals surface area (Å²) in [6.07, 6.45) is 0.927. The molecule has 0 aromatic carbocycles. The van der Waals surface area contributed by atoms with Gasteiger partial charge in [-0.1, -0.05) is 23.2 Å². The normalized spacial score (nSPS) is 14.2. The summed E-state index contributed by atoms with van der Waals surface area (Å²) < 4.78 is 44.5. The van der Waals surface area contributed by atoms with Gasteiger partial charge >= 0.3 is 0 Å². The Hall–Kier alpha value is 1.37. The number of rotatable bonds is 7. The van der Waals surface area contributed by atoms with Gasteiger partial charge in [0.1, 0.15) is 9.84 Å². The van der Waals surface area contributed by atoms with Crippen molar-refractivity contribution in [1.82, 2.24) is 4.13 Å². The van der Waals surface area contributed by atoms with E-state index in [1.54, 1.807) is 0 Å². The lowest BCUT2D eigenvalue weighted by molar-refractivity contribution is 0.589. The predicted octanol–water partition coefficient (Wildman–Crippen LogP) is 1.53. The highest BCUT2D eigenvalue weighted by atomic mass is 35.5. The Morgan fingerprint density at radius 1 is 1.18 bits per heavy atom. The highest BCUT2D eigenvalue weighted by molar-refractivity contribution is 8.11. The van der Waals surface area contributed by atoms with Crippen molar-refractivity contribution in [3.8, 4) is 0 Å². The SMILES string of the molecule is CS(=O)(=O)CCS(=O)(=O)NSC(Cl)(Cl)C(Cl)Cl. The molecule has 0 saturated carbocycles. The third-order valence-corrected chi connectivity index (χ3v) is 7.34. The summed E-state index contributed by atoms with van der Waals surface area (Å²) >= 11 is 22.3.